The molecule has 2 aromatic rings. The molecule has 2 heterocycles. The highest BCUT2D eigenvalue weighted by molar-refractivity contribution is 5.78. The smallest absolute Gasteiger partial charge is 0.298 e. The highest BCUT2D eigenvalue weighted by Crippen LogP contribution is 2.25. The van der Waals surface area contributed by atoms with Crippen LogP contribution in [0.15, 0.2) is 22.6 Å². The lowest BCUT2D eigenvalue weighted by atomic mass is 10.1. The van der Waals surface area contributed by atoms with E-state index in [9.17, 15) is 0 Å². The maximum atomic E-state index is 5.83. The molecule has 1 aliphatic heterocycles. The molecule has 0 saturated carbocycles. The van der Waals surface area contributed by atoms with Crippen molar-refractivity contribution in [3.8, 4) is 0 Å². The van der Waals surface area contributed by atoms with Gasteiger partial charge in [-0.05, 0) is 25.6 Å². The number of rotatable bonds is 2. The molecule has 102 valence electrons. The highest BCUT2D eigenvalue weighted by Gasteiger charge is 2.25. The van der Waals surface area contributed by atoms with Gasteiger partial charge in [-0.15, -0.1) is 0 Å². The number of anilines is 2. The number of hydrogen-bond donors (Lipinski definition) is 1. The second-order valence-electron chi connectivity index (χ2n) is 5.21. The zero-order chi connectivity index (χ0) is 13.4. The first-order valence-corrected chi connectivity index (χ1v) is 6.78. The first kappa shape index (κ1) is 12.3. The highest BCUT2D eigenvalue weighted by atomic mass is 16.4. The molecule has 1 aromatic heterocycles. The Morgan fingerprint density at radius 2 is 2.26 bits per heavy atom. The number of likely N-dealkylation sites (N-methyl/N-ethyl adjacent to an activating group) is 1. The quantitative estimate of drug-likeness (QED) is 0.836. The van der Waals surface area contributed by atoms with Crippen molar-refractivity contribution in [2.75, 3.05) is 37.3 Å². The molecule has 5 heteroatoms. The van der Waals surface area contributed by atoms with Gasteiger partial charge in [0, 0.05) is 37.4 Å². The molecule has 0 aliphatic carbocycles. The Morgan fingerprint density at radius 1 is 1.42 bits per heavy atom. The molecule has 0 amide bonds. The maximum Gasteiger partial charge on any atom is 0.298 e. The summed E-state index contributed by atoms with van der Waals surface area (Å²) in [5.74, 6) is 0. The SMILES string of the molecule is CCC1CN(c2nc3ccc(N)cc3o2)CCN1C. The second-order valence-corrected chi connectivity index (χ2v) is 5.21. The Labute approximate surface area is 113 Å². The molecule has 19 heavy (non-hydrogen) atoms. The minimum atomic E-state index is 0.564. The van der Waals surface area contributed by atoms with E-state index in [0.717, 1.165) is 37.2 Å². The molecular formula is C14H20N4O. The van der Waals surface area contributed by atoms with Crippen LogP contribution in [0.2, 0.25) is 0 Å². The zero-order valence-corrected chi connectivity index (χ0v) is 11.5. The molecule has 1 fully saturated rings. The molecule has 3 rings (SSSR count). The monoisotopic (exact) mass is 260 g/mol. The summed E-state index contributed by atoms with van der Waals surface area (Å²) in [6, 6.07) is 6.87. The van der Waals surface area contributed by atoms with E-state index in [1.165, 1.54) is 0 Å². The summed E-state index contributed by atoms with van der Waals surface area (Å²) >= 11 is 0. The van der Waals surface area contributed by atoms with Gasteiger partial charge in [-0.3, -0.25) is 4.90 Å². The summed E-state index contributed by atoms with van der Waals surface area (Å²) in [4.78, 5) is 9.18. The summed E-state index contributed by atoms with van der Waals surface area (Å²) in [7, 11) is 2.18. The van der Waals surface area contributed by atoms with E-state index in [0.29, 0.717) is 17.7 Å². The third-order valence-electron chi connectivity index (χ3n) is 3.92. The Bertz CT molecular complexity index is 580. The summed E-state index contributed by atoms with van der Waals surface area (Å²) in [6.07, 6.45) is 1.14. The number of nitrogens with two attached hydrogens (primary N) is 1. The van der Waals surface area contributed by atoms with E-state index in [1.54, 1.807) is 0 Å². The fourth-order valence-electron chi connectivity index (χ4n) is 2.62. The summed E-state index contributed by atoms with van der Waals surface area (Å²) in [5.41, 5.74) is 8.11. The molecule has 1 atom stereocenters. The molecule has 0 bridgehead atoms. The van der Waals surface area contributed by atoms with Crippen LogP contribution in [0, 0.1) is 0 Å². The van der Waals surface area contributed by atoms with Gasteiger partial charge >= 0.3 is 0 Å². The van der Waals surface area contributed by atoms with Gasteiger partial charge in [0.2, 0.25) is 0 Å². The van der Waals surface area contributed by atoms with Gasteiger partial charge in [-0.25, -0.2) is 0 Å². The number of nitrogen functional groups attached to an aromatic ring is 1. The molecule has 0 radical (unpaired) electrons. The number of hydrogen-bond acceptors (Lipinski definition) is 5. The molecule has 1 aliphatic rings. The van der Waals surface area contributed by atoms with Crippen molar-refractivity contribution in [1.29, 1.82) is 0 Å². The van der Waals surface area contributed by atoms with E-state index in [4.69, 9.17) is 10.2 Å². The van der Waals surface area contributed by atoms with Gasteiger partial charge in [0.25, 0.3) is 6.01 Å². The lowest BCUT2D eigenvalue weighted by Crippen LogP contribution is -2.51. The van der Waals surface area contributed by atoms with E-state index in [1.807, 2.05) is 18.2 Å². The third kappa shape index (κ3) is 2.26. The lowest BCUT2D eigenvalue weighted by molar-refractivity contribution is 0.209. The standard InChI is InChI=1S/C14H20N4O/c1-3-11-9-18(7-6-17(11)2)14-16-12-5-4-10(15)8-13(12)19-14/h4-5,8,11H,3,6-7,9,15H2,1-2H3. The van der Waals surface area contributed by atoms with Gasteiger partial charge in [0.05, 0.1) is 0 Å². The Morgan fingerprint density at radius 3 is 3.05 bits per heavy atom. The number of nitrogens with zero attached hydrogens (tertiary/aromatic N) is 3. The second kappa shape index (κ2) is 4.74. The van der Waals surface area contributed by atoms with E-state index < -0.39 is 0 Å². The van der Waals surface area contributed by atoms with Crippen molar-refractivity contribution in [3.05, 3.63) is 18.2 Å². The van der Waals surface area contributed by atoms with Crippen molar-refractivity contribution < 1.29 is 4.42 Å². The Balaban J connectivity index is 1.87. The summed E-state index contributed by atoms with van der Waals surface area (Å²) in [6.45, 7) is 5.18. The van der Waals surface area contributed by atoms with Gasteiger partial charge < -0.3 is 15.1 Å². The van der Waals surface area contributed by atoms with Crippen molar-refractivity contribution in [1.82, 2.24) is 9.88 Å². The number of oxazole rings is 1. The third-order valence-corrected chi connectivity index (χ3v) is 3.92. The van der Waals surface area contributed by atoms with Crippen LogP contribution in [0.4, 0.5) is 11.7 Å². The van der Waals surface area contributed by atoms with E-state index in [-0.39, 0.29) is 0 Å². The predicted molar refractivity (Wildman–Crippen MR) is 77.3 cm³/mol. The van der Waals surface area contributed by atoms with Crippen LogP contribution in [0.1, 0.15) is 13.3 Å². The fraction of sp³-hybridized carbons (Fsp3) is 0.500. The van der Waals surface area contributed by atoms with Crippen LogP contribution >= 0.6 is 0 Å². The molecule has 1 unspecified atom stereocenters. The van der Waals surface area contributed by atoms with Gasteiger partial charge in [-0.1, -0.05) is 6.92 Å². The normalized spacial score (nSPS) is 21.2. The largest absolute Gasteiger partial charge is 0.423 e. The van der Waals surface area contributed by atoms with Crippen molar-refractivity contribution in [2.45, 2.75) is 19.4 Å². The van der Waals surface area contributed by atoms with Crippen molar-refractivity contribution in [3.63, 3.8) is 0 Å². The molecular weight excluding hydrogens is 240 g/mol. The van der Waals surface area contributed by atoms with Crippen LogP contribution in [0.5, 0.6) is 0 Å². The van der Waals surface area contributed by atoms with Crippen LogP contribution < -0.4 is 10.6 Å². The molecule has 5 nitrogen and oxygen atoms in total. The molecule has 2 N–H and O–H groups in total. The Hall–Kier alpha value is -1.75. The molecule has 0 spiro atoms. The van der Waals surface area contributed by atoms with Crippen LogP contribution in [-0.2, 0) is 0 Å². The average Bonchev–Trinajstić information content (AvgIpc) is 2.82. The minimum Gasteiger partial charge on any atom is -0.423 e. The van der Waals surface area contributed by atoms with Gasteiger partial charge in [-0.2, -0.15) is 4.98 Å². The lowest BCUT2D eigenvalue weighted by Gasteiger charge is -2.38. The average molecular weight is 260 g/mol. The first-order valence-electron chi connectivity index (χ1n) is 6.78. The van der Waals surface area contributed by atoms with Crippen LogP contribution in [0.3, 0.4) is 0 Å². The number of benzene rings is 1. The predicted octanol–water partition coefficient (Wildman–Crippen LogP) is 1.94. The maximum absolute atomic E-state index is 5.83. The van der Waals surface area contributed by atoms with Gasteiger partial charge in [0.1, 0.15) is 5.52 Å². The molecule has 1 aromatic carbocycles. The van der Waals surface area contributed by atoms with Crippen molar-refractivity contribution >= 4 is 22.8 Å². The van der Waals surface area contributed by atoms with E-state index >= 15 is 0 Å². The fourth-order valence-corrected chi connectivity index (χ4v) is 2.62. The number of aromatic nitrogens is 1. The zero-order valence-electron chi connectivity index (χ0n) is 11.5. The minimum absolute atomic E-state index is 0.564. The molecule has 1 saturated heterocycles. The number of fused-ring (bicyclic) bond motifs is 1. The summed E-state index contributed by atoms with van der Waals surface area (Å²) < 4.78 is 5.83. The van der Waals surface area contributed by atoms with Gasteiger partial charge in [0.15, 0.2) is 5.58 Å². The van der Waals surface area contributed by atoms with Crippen LogP contribution in [-0.4, -0.2) is 42.6 Å². The summed E-state index contributed by atoms with van der Waals surface area (Å²) in [5, 5.41) is 0. The first-order chi connectivity index (χ1) is 9.17. The van der Waals surface area contributed by atoms with Crippen LogP contribution in [0.25, 0.3) is 11.1 Å². The Kier molecular flexibility index (Phi) is 3.06. The number of piperazine rings is 1. The van der Waals surface area contributed by atoms with Crippen molar-refractivity contribution in [2.24, 2.45) is 0 Å². The van der Waals surface area contributed by atoms with E-state index in [2.05, 4.69) is 28.8 Å². The topological polar surface area (TPSA) is 58.5 Å².